The molecule has 1 N–H and O–H groups in total. The van der Waals surface area contributed by atoms with Crippen LogP contribution in [0, 0.1) is 12.7 Å². The summed E-state index contributed by atoms with van der Waals surface area (Å²) in [6, 6.07) is 8.95. The molecule has 0 aliphatic carbocycles. The van der Waals surface area contributed by atoms with Crippen LogP contribution in [0.25, 0.3) is 5.65 Å². The zero-order valence-electron chi connectivity index (χ0n) is 13.4. The van der Waals surface area contributed by atoms with Crippen LogP contribution in [0.15, 0.2) is 30.3 Å². The lowest BCUT2D eigenvalue weighted by Gasteiger charge is -2.35. The van der Waals surface area contributed by atoms with Gasteiger partial charge in [0.1, 0.15) is 11.6 Å². The summed E-state index contributed by atoms with van der Waals surface area (Å²) >= 11 is 0. The molecule has 1 aliphatic heterocycles. The summed E-state index contributed by atoms with van der Waals surface area (Å²) in [5.41, 5.74) is 2.67. The number of piperidine rings is 1. The Balaban J connectivity index is 1.50. The third-order valence-electron chi connectivity index (χ3n) is 4.34. The monoisotopic (exact) mass is 327 g/mol. The van der Waals surface area contributed by atoms with E-state index in [1.807, 2.05) is 25.1 Å². The van der Waals surface area contributed by atoms with Crippen molar-refractivity contribution in [2.24, 2.45) is 0 Å². The summed E-state index contributed by atoms with van der Waals surface area (Å²) in [5, 5.41) is 19.1. The van der Waals surface area contributed by atoms with E-state index in [1.165, 1.54) is 10.7 Å². The summed E-state index contributed by atoms with van der Waals surface area (Å²) in [4.78, 5) is 2.30. The molecule has 8 heteroatoms. The zero-order chi connectivity index (χ0) is 16.5. The Morgan fingerprint density at radius 1 is 1.25 bits per heavy atom. The first-order valence-corrected chi connectivity index (χ1v) is 8.02. The van der Waals surface area contributed by atoms with Gasteiger partial charge in [0.2, 0.25) is 0 Å². The van der Waals surface area contributed by atoms with Gasteiger partial charge in [-0.1, -0.05) is 0 Å². The van der Waals surface area contributed by atoms with Crippen molar-refractivity contribution in [3.8, 4) is 0 Å². The van der Waals surface area contributed by atoms with E-state index in [-0.39, 0.29) is 11.9 Å². The number of anilines is 2. The van der Waals surface area contributed by atoms with Crippen LogP contribution < -0.4 is 10.2 Å². The van der Waals surface area contributed by atoms with E-state index in [9.17, 15) is 4.39 Å². The molecule has 1 aromatic carbocycles. The minimum absolute atomic E-state index is 0.193. The highest BCUT2D eigenvalue weighted by atomic mass is 19.1. The molecule has 124 valence electrons. The summed E-state index contributed by atoms with van der Waals surface area (Å²) in [6.45, 7) is 3.77. The van der Waals surface area contributed by atoms with E-state index in [2.05, 4.69) is 30.8 Å². The van der Waals surface area contributed by atoms with Crippen LogP contribution in [0.1, 0.15) is 18.4 Å². The van der Waals surface area contributed by atoms with E-state index in [1.54, 1.807) is 6.07 Å². The normalized spacial score (nSPS) is 18.1. The first-order chi connectivity index (χ1) is 11.7. The molecular weight excluding hydrogens is 309 g/mol. The maximum absolute atomic E-state index is 13.3. The number of hydrogen-bond acceptors (Lipinski definition) is 6. The molecule has 0 unspecified atom stereocenters. The quantitative estimate of drug-likeness (QED) is 0.794. The van der Waals surface area contributed by atoms with Crippen molar-refractivity contribution in [1.29, 1.82) is 0 Å². The molecule has 0 saturated carbocycles. The predicted molar refractivity (Wildman–Crippen MR) is 88.6 cm³/mol. The topological polar surface area (TPSA) is 71.2 Å². The Labute approximate surface area is 138 Å². The fraction of sp³-hybridized carbons (Fsp3) is 0.375. The molecule has 24 heavy (non-hydrogen) atoms. The Morgan fingerprint density at radius 2 is 2.17 bits per heavy atom. The van der Waals surface area contributed by atoms with Crippen LogP contribution in [0.5, 0.6) is 0 Å². The minimum atomic E-state index is -0.193. The molecule has 0 amide bonds. The molecule has 1 atom stereocenters. The summed E-state index contributed by atoms with van der Waals surface area (Å²) in [6.07, 6.45) is 2.13. The van der Waals surface area contributed by atoms with Crippen LogP contribution in [0.4, 0.5) is 15.9 Å². The van der Waals surface area contributed by atoms with Crippen molar-refractivity contribution in [1.82, 2.24) is 25.3 Å². The number of halogens is 1. The van der Waals surface area contributed by atoms with E-state index in [4.69, 9.17) is 0 Å². The number of nitrogens with one attached hydrogen (secondary N) is 1. The highest BCUT2D eigenvalue weighted by Crippen LogP contribution is 2.25. The van der Waals surface area contributed by atoms with Gasteiger partial charge in [0.25, 0.3) is 0 Å². The number of aryl methyl sites for hydroxylation is 1. The SMILES string of the molecule is Cc1cc(F)ccc1N1CCC[C@@H](Nc2ccc3nnnn3n2)C1. The second kappa shape index (κ2) is 6.03. The maximum atomic E-state index is 13.3. The second-order valence-electron chi connectivity index (χ2n) is 6.11. The lowest BCUT2D eigenvalue weighted by molar-refractivity contribution is 0.526. The Bertz CT molecular complexity index is 863. The Hall–Kier alpha value is -2.77. The van der Waals surface area contributed by atoms with E-state index in [0.29, 0.717) is 5.65 Å². The molecule has 1 fully saturated rings. The molecule has 7 nitrogen and oxygen atoms in total. The summed E-state index contributed by atoms with van der Waals surface area (Å²) < 4.78 is 14.7. The Kier molecular flexibility index (Phi) is 3.72. The molecule has 0 spiro atoms. The summed E-state index contributed by atoms with van der Waals surface area (Å²) in [5.74, 6) is 0.555. The highest BCUT2D eigenvalue weighted by Gasteiger charge is 2.21. The van der Waals surface area contributed by atoms with Gasteiger partial charge in [0.15, 0.2) is 5.65 Å². The average molecular weight is 327 g/mol. The largest absolute Gasteiger partial charge is 0.369 e. The number of tetrazole rings is 1. The maximum Gasteiger partial charge on any atom is 0.200 e. The van der Waals surface area contributed by atoms with Crippen molar-refractivity contribution in [2.75, 3.05) is 23.3 Å². The van der Waals surface area contributed by atoms with Crippen LogP contribution in [0.2, 0.25) is 0 Å². The molecular formula is C16H18FN7. The van der Waals surface area contributed by atoms with Gasteiger partial charge in [-0.05, 0) is 66.1 Å². The van der Waals surface area contributed by atoms with Crippen LogP contribution in [0.3, 0.4) is 0 Å². The number of nitrogens with zero attached hydrogens (tertiary/aromatic N) is 6. The molecule has 0 radical (unpaired) electrons. The Morgan fingerprint density at radius 3 is 3.04 bits per heavy atom. The number of hydrogen-bond donors (Lipinski definition) is 1. The second-order valence-corrected chi connectivity index (χ2v) is 6.11. The van der Waals surface area contributed by atoms with E-state index in [0.717, 1.165) is 43.0 Å². The number of fused-ring (bicyclic) bond motifs is 1. The molecule has 1 aliphatic rings. The van der Waals surface area contributed by atoms with Gasteiger partial charge >= 0.3 is 0 Å². The van der Waals surface area contributed by atoms with Crippen LogP contribution in [-0.4, -0.2) is 44.4 Å². The third kappa shape index (κ3) is 2.86. The third-order valence-corrected chi connectivity index (χ3v) is 4.34. The first-order valence-electron chi connectivity index (χ1n) is 8.02. The van der Waals surface area contributed by atoms with Gasteiger partial charge in [-0.3, -0.25) is 0 Å². The molecule has 0 bridgehead atoms. The smallest absolute Gasteiger partial charge is 0.200 e. The molecule has 2 aromatic heterocycles. The number of aromatic nitrogens is 5. The van der Waals surface area contributed by atoms with Gasteiger partial charge in [-0.2, -0.15) is 0 Å². The molecule has 3 aromatic rings. The summed E-state index contributed by atoms with van der Waals surface area (Å²) in [7, 11) is 0. The van der Waals surface area contributed by atoms with Gasteiger partial charge in [0.05, 0.1) is 0 Å². The fourth-order valence-corrected chi connectivity index (χ4v) is 3.22. The fourth-order valence-electron chi connectivity index (χ4n) is 3.22. The van der Waals surface area contributed by atoms with Gasteiger partial charge in [-0.25, -0.2) is 4.39 Å². The van der Waals surface area contributed by atoms with Crippen LogP contribution >= 0.6 is 0 Å². The van der Waals surface area contributed by atoms with Crippen LogP contribution in [-0.2, 0) is 0 Å². The van der Waals surface area contributed by atoms with E-state index < -0.39 is 0 Å². The highest BCUT2D eigenvalue weighted by molar-refractivity contribution is 5.54. The van der Waals surface area contributed by atoms with Crippen molar-refractivity contribution in [3.63, 3.8) is 0 Å². The molecule has 1 saturated heterocycles. The minimum Gasteiger partial charge on any atom is -0.369 e. The predicted octanol–water partition coefficient (Wildman–Crippen LogP) is 2.05. The zero-order valence-corrected chi connectivity index (χ0v) is 13.4. The first kappa shape index (κ1) is 14.8. The van der Waals surface area contributed by atoms with Gasteiger partial charge < -0.3 is 10.2 Å². The molecule has 4 rings (SSSR count). The molecule has 3 heterocycles. The standard InChI is InChI=1S/C16H18FN7/c1-11-9-12(17)4-5-14(11)23-8-2-3-13(10-23)18-15-6-7-16-19-21-22-24(16)20-15/h4-7,9,13H,2-3,8,10H2,1H3,(H,18,20)/t13-/m1/s1. The van der Waals surface area contributed by atoms with Crippen molar-refractivity contribution in [3.05, 3.63) is 41.7 Å². The average Bonchev–Trinajstić information content (AvgIpc) is 3.03. The van der Waals surface area contributed by atoms with Crippen molar-refractivity contribution in [2.45, 2.75) is 25.8 Å². The number of rotatable bonds is 3. The van der Waals surface area contributed by atoms with Crippen molar-refractivity contribution >= 4 is 17.2 Å². The van der Waals surface area contributed by atoms with Crippen molar-refractivity contribution < 1.29 is 4.39 Å². The lowest BCUT2D eigenvalue weighted by atomic mass is 10.0. The number of benzene rings is 1. The van der Waals surface area contributed by atoms with Gasteiger partial charge in [0, 0.05) is 24.8 Å². The van der Waals surface area contributed by atoms with Gasteiger partial charge in [-0.15, -0.1) is 14.8 Å². The lowest BCUT2D eigenvalue weighted by Crippen LogP contribution is -2.42. The van der Waals surface area contributed by atoms with E-state index >= 15 is 0 Å².